The fourth-order valence-corrected chi connectivity index (χ4v) is 3.46. The molecule has 0 saturated heterocycles. The smallest absolute Gasteiger partial charge is 0.268 e. The number of hydrogen-bond acceptors (Lipinski definition) is 4. The highest BCUT2D eigenvalue weighted by Crippen LogP contribution is 2.24. The number of hydrogen-bond donors (Lipinski definition) is 2. The first kappa shape index (κ1) is 19.4. The van der Waals surface area contributed by atoms with E-state index in [1.165, 1.54) is 17.4 Å². The highest BCUT2D eigenvalue weighted by molar-refractivity contribution is 7.12. The number of rotatable bonds is 5. The second-order valence-corrected chi connectivity index (χ2v) is 7.28. The highest BCUT2D eigenvalue weighted by Gasteiger charge is 2.11. The molecule has 4 aromatic rings. The quantitative estimate of drug-likeness (QED) is 0.382. The van der Waals surface area contributed by atoms with Crippen LogP contribution in [0, 0.1) is 0 Å². The molecule has 6 nitrogen and oxygen atoms in total. The van der Waals surface area contributed by atoms with Gasteiger partial charge in [0.15, 0.2) is 0 Å². The first-order valence-electron chi connectivity index (χ1n) is 9.23. The third-order valence-electron chi connectivity index (χ3n) is 4.27. The van der Waals surface area contributed by atoms with Crippen LogP contribution in [0.3, 0.4) is 0 Å². The molecule has 148 valence electrons. The SMILES string of the molecule is O=C(/C=C/c1cn(-c2ccccc2)nc1-c1ccccc1)NNC(=O)c1cccs1. The molecule has 0 aliphatic carbocycles. The Morgan fingerprint density at radius 1 is 0.900 bits per heavy atom. The minimum absolute atomic E-state index is 0.353. The number of carbonyl (C=O) groups is 2. The summed E-state index contributed by atoms with van der Waals surface area (Å²) in [6.07, 6.45) is 4.92. The Bertz CT molecular complexity index is 1170. The Balaban J connectivity index is 1.54. The molecule has 0 spiro atoms. The number of benzene rings is 2. The van der Waals surface area contributed by atoms with Gasteiger partial charge >= 0.3 is 0 Å². The second kappa shape index (κ2) is 9.02. The number of nitrogens with zero attached hydrogens (tertiary/aromatic N) is 2. The van der Waals surface area contributed by atoms with E-state index in [0.717, 1.165) is 22.5 Å². The van der Waals surface area contributed by atoms with Crippen molar-refractivity contribution in [3.8, 4) is 16.9 Å². The average Bonchev–Trinajstić information content (AvgIpc) is 3.48. The van der Waals surface area contributed by atoms with E-state index >= 15 is 0 Å². The average molecular weight is 414 g/mol. The van der Waals surface area contributed by atoms with Crippen molar-refractivity contribution < 1.29 is 9.59 Å². The molecule has 0 aliphatic rings. The Kier molecular flexibility index (Phi) is 5.82. The van der Waals surface area contributed by atoms with Crippen molar-refractivity contribution in [3.05, 3.63) is 101 Å². The first-order valence-corrected chi connectivity index (χ1v) is 10.1. The Morgan fingerprint density at radius 2 is 1.63 bits per heavy atom. The van der Waals surface area contributed by atoms with E-state index in [1.54, 1.807) is 28.3 Å². The Hall–Kier alpha value is -3.97. The van der Waals surface area contributed by atoms with Crippen molar-refractivity contribution in [1.82, 2.24) is 20.6 Å². The minimum Gasteiger partial charge on any atom is -0.268 e. The number of amides is 2. The molecule has 4 rings (SSSR count). The molecular formula is C23H18N4O2S. The number of aromatic nitrogens is 2. The van der Waals surface area contributed by atoms with Crippen LogP contribution in [0.1, 0.15) is 15.2 Å². The Morgan fingerprint density at radius 3 is 2.33 bits per heavy atom. The van der Waals surface area contributed by atoms with Crippen molar-refractivity contribution >= 4 is 29.2 Å². The van der Waals surface area contributed by atoms with E-state index in [-0.39, 0.29) is 5.91 Å². The molecule has 0 aliphatic heterocycles. The molecule has 30 heavy (non-hydrogen) atoms. The third kappa shape index (κ3) is 4.53. The maximum Gasteiger partial charge on any atom is 0.279 e. The summed E-state index contributed by atoms with van der Waals surface area (Å²) in [4.78, 5) is 24.6. The molecule has 0 saturated carbocycles. The van der Waals surface area contributed by atoms with Crippen molar-refractivity contribution in [2.24, 2.45) is 0 Å². The zero-order valence-corrected chi connectivity index (χ0v) is 16.7. The van der Waals surface area contributed by atoms with Crippen LogP contribution < -0.4 is 10.9 Å². The normalized spacial score (nSPS) is 10.8. The second-order valence-electron chi connectivity index (χ2n) is 6.33. The van der Waals surface area contributed by atoms with Crippen LogP contribution >= 0.6 is 11.3 Å². The molecule has 2 amide bonds. The van der Waals surface area contributed by atoms with Gasteiger partial charge in [-0.2, -0.15) is 5.10 Å². The first-order chi connectivity index (χ1) is 14.7. The summed E-state index contributed by atoms with van der Waals surface area (Å²) in [5, 5.41) is 6.50. The molecule has 0 bridgehead atoms. The van der Waals surface area contributed by atoms with Gasteiger partial charge in [-0.15, -0.1) is 11.3 Å². The van der Waals surface area contributed by atoms with E-state index in [1.807, 2.05) is 66.9 Å². The fourth-order valence-electron chi connectivity index (χ4n) is 2.84. The van der Waals surface area contributed by atoms with Gasteiger partial charge in [-0.1, -0.05) is 54.6 Å². The maximum absolute atomic E-state index is 12.2. The predicted octanol–water partition coefficient (Wildman–Crippen LogP) is 4.08. The molecule has 0 atom stereocenters. The summed E-state index contributed by atoms with van der Waals surface area (Å²) < 4.78 is 1.78. The minimum atomic E-state index is -0.439. The van der Waals surface area contributed by atoms with Gasteiger partial charge in [0.25, 0.3) is 11.8 Å². The molecule has 2 N–H and O–H groups in total. The Labute approximate surface area is 177 Å². The van der Waals surface area contributed by atoms with Crippen LogP contribution in [0.4, 0.5) is 0 Å². The highest BCUT2D eigenvalue weighted by atomic mass is 32.1. The lowest BCUT2D eigenvalue weighted by Gasteiger charge is -2.03. The molecule has 2 heterocycles. The number of para-hydroxylation sites is 1. The number of nitrogens with one attached hydrogen (secondary N) is 2. The van der Waals surface area contributed by atoms with Gasteiger partial charge in [0.1, 0.15) is 0 Å². The van der Waals surface area contributed by atoms with E-state index in [2.05, 4.69) is 10.9 Å². The molecule has 7 heteroatoms. The molecule has 0 radical (unpaired) electrons. The summed E-state index contributed by atoms with van der Waals surface area (Å²) in [7, 11) is 0. The van der Waals surface area contributed by atoms with Gasteiger partial charge in [-0.25, -0.2) is 4.68 Å². The van der Waals surface area contributed by atoms with E-state index in [4.69, 9.17) is 5.10 Å². The van der Waals surface area contributed by atoms with Gasteiger partial charge in [0.05, 0.1) is 16.3 Å². The molecule has 0 unspecified atom stereocenters. The van der Waals surface area contributed by atoms with Gasteiger partial charge in [-0.3, -0.25) is 20.4 Å². The van der Waals surface area contributed by atoms with Crippen LogP contribution in [0.5, 0.6) is 0 Å². The van der Waals surface area contributed by atoms with Gasteiger partial charge in [0, 0.05) is 23.4 Å². The van der Waals surface area contributed by atoms with Gasteiger partial charge in [0.2, 0.25) is 0 Å². The molecule has 2 aromatic heterocycles. The van der Waals surface area contributed by atoms with E-state index in [0.29, 0.717) is 4.88 Å². The lowest BCUT2D eigenvalue weighted by atomic mass is 10.1. The zero-order chi connectivity index (χ0) is 20.8. The van der Waals surface area contributed by atoms with Crippen LogP contribution in [0.25, 0.3) is 23.0 Å². The van der Waals surface area contributed by atoms with E-state index < -0.39 is 5.91 Å². The van der Waals surface area contributed by atoms with Gasteiger partial charge < -0.3 is 0 Å². The zero-order valence-electron chi connectivity index (χ0n) is 15.9. The van der Waals surface area contributed by atoms with Crippen molar-refractivity contribution in [1.29, 1.82) is 0 Å². The summed E-state index contributed by atoms with van der Waals surface area (Å²) in [5.74, 6) is -0.792. The number of carbonyl (C=O) groups excluding carboxylic acids is 2. The number of hydrazine groups is 1. The largest absolute Gasteiger partial charge is 0.279 e. The molecule has 0 fully saturated rings. The van der Waals surface area contributed by atoms with Crippen molar-refractivity contribution in [3.63, 3.8) is 0 Å². The third-order valence-corrected chi connectivity index (χ3v) is 5.14. The fraction of sp³-hybridized carbons (Fsp3) is 0. The summed E-state index contributed by atoms with van der Waals surface area (Å²) in [6.45, 7) is 0. The van der Waals surface area contributed by atoms with Crippen LogP contribution in [0.15, 0.2) is 90.4 Å². The topological polar surface area (TPSA) is 76.0 Å². The van der Waals surface area contributed by atoms with E-state index in [9.17, 15) is 9.59 Å². The standard InChI is InChI=1S/C23H18N4O2S/c28-21(24-25-23(29)20-12-7-15-30-20)14-13-18-16-27(19-10-5-2-6-11-19)26-22(18)17-8-3-1-4-9-17/h1-16H,(H,24,28)(H,25,29)/b14-13+. The number of thiophene rings is 1. The van der Waals surface area contributed by atoms with Crippen LogP contribution in [0.2, 0.25) is 0 Å². The van der Waals surface area contributed by atoms with Gasteiger partial charge in [-0.05, 0) is 29.7 Å². The lowest BCUT2D eigenvalue weighted by molar-refractivity contribution is -0.117. The summed E-state index contributed by atoms with van der Waals surface area (Å²) >= 11 is 1.30. The summed E-state index contributed by atoms with van der Waals surface area (Å²) in [6, 6.07) is 23.0. The predicted molar refractivity (Wildman–Crippen MR) is 118 cm³/mol. The molecule has 2 aromatic carbocycles. The van der Waals surface area contributed by atoms with Crippen molar-refractivity contribution in [2.75, 3.05) is 0 Å². The van der Waals surface area contributed by atoms with Crippen LogP contribution in [-0.2, 0) is 4.79 Å². The van der Waals surface area contributed by atoms with Crippen molar-refractivity contribution in [2.45, 2.75) is 0 Å². The monoisotopic (exact) mass is 414 g/mol. The lowest BCUT2D eigenvalue weighted by Crippen LogP contribution is -2.40. The maximum atomic E-state index is 12.2. The summed E-state index contributed by atoms with van der Waals surface area (Å²) in [5.41, 5.74) is 8.19. The molecular weight excluding hydrogens is 396 g/mol. The van der Waals surface area contributed by atoms with Crippen LogP contribution in [-0.4, -0.2) is 21.6 Å².